The molecule has 1 amide bonds. The third kappa shape index (κ3) is 4.57. The van der Waals surface area contributed by atoms with Gasteiger partial charge in [-0.05, 0) is 35.9 Å². The Kier molecular flexibility index (Phi) is 6.19. The van der Waals surface area contributed by atoms with Crippen LogP contribution >= 0.6 is 11.6 Å². The molecule has 0 spiro atoms. The molecule has 0 saturated carbocycles. The van der Waals surface area contributed by atoms with Crippen molar-refractivity contribution in [2.75, 3.05) is 31.1 Å². The number of amides is 1. The second-order valence-electron chi connectivity index (χ2n) is 7.15. The number of nitrogens with zero attached hydrogens (tertiary/aromatic N) is 2. The van der Waals surface area contributed by atoms with E-state index in [2.05, 4.69) is 0 Å². The minimum absolute atomic E-state index is 0.131. The zero-order chi connectivity index (χ0) is 20.9. The second-order valence-corrected chi connectivity index (χ2v) is 7.58. The number of para-hydroxylation sites is 1. The number of halogens is 2. The van der Waals surface area contributed by atoms with Crippen molar-refractivity contribution in [1.82, 2.24) is 4.90 Å². The maximum Gasteiger partial charge on any atom is 0.257 e. The zero-order valence-electron chi connectivity index (χ0n) is 16.4. The van der Waals surface area contributed by atoms with Gasteiger partial charge in [0.05, 0.1) is 11.3 Å². The molecule has 1 aliphatic rings. The highest BCUT2D eigenvalue weighted by Crippen LogP contribution is 2.27. The van der Waals surface area contributed by atoms with Gasteiger partial charge in [-0.15, -0.1) is 0 Å². The van der Waals surface area contributed by atoms with E-state index in [-0.39, 0.29) is 11.7 Å². The summed E-state index contributed by atoms with van der Waals surface area (Å²) >= 11 is 6.16. The maximum atomic E-state index is 14.1. The highest BCUT2D eigenvalue weighted by atomic mass is 35.5. The minimum Gasteiger partial charge on any atom is -0.488 e. The highest BCUT2D eigenvalue weighted by Gasteiger charge is 2.25. The fraction of sp³-hybridized carbons (Fsp3) is 0.208. The number of hydrogen-bond donors (Lipinski definition) is 0. The number of piperazine rings is 1. The highest BCUT2D eigenvalue weighted by molar-refractivity contribution is 6.31. The Morgan fingerprint density at radius 1 is 0.933 bits per heavy atom. The number of anilines is 1. The van der Waals surface area contributed by atoms with Gasteiger partial charge in [0.1, 0.15) is 18.2 Å². The molecule has 0 radical (unpaired) electrons. The molecule has 1 aliphatic heterocycles. The summed E-state index contributed by atoms with van der Waals surface area (Å²) in [5.41, 5.74) is 2.03. The first kappa shape index (κ1) is 20.2. The van der Waals surface area contributed by atoms with Crippen LogP contribution in [0.15, 0.2) is 72.8 Å². The third-order valence-electron chi connectivity index (χ3n) is 5.17. The monoisotopic (exact) mass is 424 g/mol. The molecule has 3 aromatic carbocycles. The summed E-state index contributed by atoms with van der Waals surface area (Å²) in [5, 5.41) is 0.482. The van der Waals surface area contributed by atoms with Crippen LogP contribution < -0.4 is 9.64 Å². The number of benzene rings is 3. The van der Waals surface area contributed by atoms with E-state index in [9.17, 15) is 9.18 Å². The van der Waals surface area contributed by atoms with Gasteiger partial charge >= 0.3 is 0 Å². The molecule has 6 heteroatoms. The first-order valence-corrected chi connectivity index (χ1v) is 10.2. The van der Waals surface area contributed by atoms with Crippen molar-refractivity contribution in [3.05, 3.63) is 94.8 Å². The largest absolute Gasteiger partial charge is 0.488 e. The van der Waals surface area contributed by atoms with E-state index < -0.39 is 0 Å². The Balaban J connectivity index is 1.45. The topological polar surface area (TPSA) is 32.8 Å². The summed E-state index contributed by atoms with van der Waals surface area (Å²) in [6.45, 7) is 2.49. The van der Waals surface area contributed by atoms with Gasteiger partial charge in [0, 0.05) is 31.2 Å². The molecular weight excluding hydrogens is 403 g/mol. The number of ether oxygens (including phenoxy) is 1. The van der Waals surface area contributed by atoms with Crippen LogP contribution in [0.2, 0.25) is 5.02 Å². The average Bonchev–Trinajstić information content (AvgIpc) is 2.79. The number of hydrogen-bond acceptors (Lipinski definition) is 3. The molecule has 0 unspecified atom stereocenters. The summed E-state index contributed by atoms with van der Waals surface area (Å²) in [6.07, 6.45) is 0. The molecule has 1 heterocycles. The fourth-order valence-electron chi connectivity index (χ4n) is 3.56. The van der Waals surface area contributed by atoms with E-state index in [0.29, 0.717) is 54.8 Å². The van der Waals surface area contributed by atoms with Crippen molar-refractivity contribution in [2.24, 2.45) is 0 Å². The lowest BCUT2D eigenvalue weighted by atomic mass is 10.1. The lowest BCUT2D eigenvalue weighted by molar-refractivity contribution is 0.0741. The Labute approximate surface area is 180 Å². The second kappa shape index (κ2) is 9.18. The van der Waals surface area contributed by atoms with Gasteiger partial charge in [0.2, 0.25) is 0 Å². The summed E-state index contributed by atoms with van der Waals surface area (Å²) in [7, 11) is 0. The summed E-state index contributed by atoms with van der Waals surface area (Å²) in [5.74, 6) is 0.127. The lowest BCUT2D eigenvalue weighted by Crippen LogP contribution is -2.49. The lowest BCUT2D eigenvalue weighted by Gasteiger charge is -2.36. The van der Waals surface area contributed by atoms with Crippen LogP contribution in [-0.2, 0) is 6.61 Å². The fourth-order valence-corrected chi connectivity index (χ4v) is 3.73. The number of carbonyl (C=O) groups excluding carboxylic acids is 1. The summed E-state index contributed by atoms with van der Waals surface area (Å²) < 4.78 is 20.0. The van der Waals surface area contributed by atoms with E-state index in [0.717, 1.165) is 5.56 Å². The Morgan fingerprint density at radius 3 is 2.37 bits per heavy atom. The van der Waals surface area contributed by atoms with Crippen LogP contribution in [0.25, 0.3) is 0 Å². The molecule has 1 fully saturated rings. The summed E-state index contributed by atoms with van der Waals surface area (Å²) in [6, 6.07) is 21.6. The SMILES string of the molecule is O=C(c1cc(Cl)ccc1OCc1ccccc1)N1CCN(c2ccccc2F)CC1. The van der Waals surface area contributed by atoms with Crippen LogP contribution in [0.1, 0.15) is 15.9 Å². The van der Waals surface area contributed by atoms with Gasteiger partial charge in [0.15, 0.2) is 0 Å². The molecule has 0 bridgehead atoms. The normalized spacial score (nSPS) is 13.9. The number of carbonyl (C=O) groups is 1. The van der Waals surface area contributed by atoms with Gasteiger partial charge in [-0.3, -0.25) is 4.79 Å². The smallest absolute Gasteiger partial charge is 0.257 e. The molecular formula is C24H22ClFN2O2. The number of rotatable bonds is 5. The van der Waals surface area contributed by atoms with Crippen molar-refractivity contribution in [3.63, 3.8) is 0 Å². The Bertz CT molecular complexity index is 1020. The van der Waals surface area contributed by atoms with E-state index in [4.69, 9.17) is 16.3 Å². The molecule has 4 nitrogen and oxygen atoms in total. The molecule has 0 aromatic heterocycles. The van der Waals surface area contributed by atoms with Gasteiger partial charge in [-0.1, -0.05) is 54.1 Å². The average molecular weight is 425 g/mol. The van der Waals surface area contributed by atoms with Crippen LogP contribution in [0.5, 0.6) is 5.75 Å². The predicted octanol–water partition coefficient (Wildman–Crippen LogP) is 5.02. The molecule has 0 atom stereocenters. The van der Waals surface area contributed by atoms with Crippen molar-refractivity contribution in [2.45, 2.75) is 6.61 Å². The van der Waals surface area contributed by atoms with E-state index >= 15 is 0 Å². The molecule has 0 aliphatic carbocycles. The van der Waals surface area contributed by atoms with Crippen molar-refractivity contribution < 1.29 is 13.9 Å². The quantitative estimate of drug-likeness (QED) is 0.576. The minimum atomic E-state index is -0.247. The van der Waals surface area contributed by atoms with Gasteiger partial charge in [-0.2, -0.15) is 0 Å². The van der Waals surface area contributed by atoms with Crippen LogP contribution in [0.3, 0.4) is 0 Å². The van der Waals surface area contributed by atoms with Crippen molar-refractivity contribution in [1.29, 1.82) is 0 Å². The van der Waals surface area contributed by atoms with Crippen molar-refractivity contribution in [3.8, 4) is 5.75 Å². The maximum absolute atomic E-state index is 14.1. The predicted molar refractivity (Wildman–Crippen MR) is 117 cm³/mol. The van der Waals surface area contributed by atoms with Gasteiger partial charge in [-0.25, -0.2) is 4.39 Å². The first-order valence-electron chi connectivity index (χ1n) is 9.87. The molecule has 3 aromatic rings. The van der Waals surface area contributed by atoms with Gasteiger partial charge in [0.25, 0.3) is 5.91 Å². The van der Waals surface area contributed by atoms with E-state index in [1.165, 1.54) is 6.07 Å². The zero-order valence-corrected chi connectivity index (χ0v) is 17.2. The summed E-state index contributed by atoms with van der Waals surface area (Å²) in [4.78, 5) is 16.9. The third-order valence-corrected chi connectivity index (χ3v) is 5.40. The van der Waals surface area contributed by atoms with Crippen LogP contribution in [-0.4, -0.2) is 37.0 Å². The van der Waals surface area contributed by atoms with Gasteiger partial charge < -0.3 is 14.5 Å². The van der Waals surface area contributed by atoms with E-state index in [1.54, 1.807) is 35.2 Å². The molecule has 30 heavy (non-hydrogen) atoms. The molecule has 0 N–H and O–H groups in total. The van der Waals surface area contributed by atoms with E-state index in [1.807, 2.05) is 41.3 Å². The Morgan fingerprint density at radius 2 is 1.63 bits per heavy atom. The first-order chi connectivity index (χ1) is 14.6. The molecule has 4 rings (SSSR count). The van der Waals surface area contributed by atoms with Crippen molar-refractivity contribution >= 4 is 23.2 Å². The van der Waals surface area contributed by atoms with Crippen LogP contribution in [0.4, 0.5) is 10.1 Å². The molecule has 154 valence electrons. The standard InChI is InChI=1S/C24H22ClFN2O2/c25-19-10-11-23(30-17-18-6-2-1-3-7-18)20(16-19)24(29)28-14-12-27(13-15-28)22-9-5-4-8-21(22)26/h1-11,16H,12-15,17H2. The molecule has 1 saturated heterocycles. The van der Waals surface area contributed by atoms with Crippen LogP contribution in [0, 0.1) is 5.82 Å². The Hall–Kier alpha value is -3.05.